The van der Waals surface area contributed by atoms with E-state index in [9.17, 15) is 4.79 Å². The van der Waals surface area contributed by atoms with Crippen molar-refractivity contribution < 1.29 is 13.6 Å². The third-order valence-corrected chi connectivity index (χ3v) is 8.68. The van der Waals surface area contributed by atoms with E-state index in [1.807, 2.05) is 0 Å². The van der Waals surface area contributed by atoms with E-state index in [4.69, 9.17) is 14.6 Å². The molecule has 2 rings (SSSR count). The van der Waals surface area contributed by atoms with Gasteiger partial charge in [0, 0.05) is 12.2 Å². The summed E-state index contributed by atoms with van der Waals surface area (Å²) >= 11 is 0. The zero-order chi connectivity index (χ0) is 22.1. The van der Waals surface area contributed by atoms with Crippen molar-refractivity contribution in [2.45, 2.75) is 45.6 Å². The number of rotatable bonds is 11. The number of carbonyl (C=O) groups excluding carboxylic acids is 1. The maximum atomic E-state index is 11.7. The van der Waals surface area contributed by atoms with Crippen LogP contribution in [0.5, 0.6) is 0 Å². The van der Waals surface area contributed by atoms with E-state index < -0.39 is 17.4 Å². The maximum absolute atomic E-state index is 11.7. The molecule has 0 saturated heterocycles. The topological polar surface area (TPSA) is 124 Å². The Kier molecular flexibility index (Phi) is 8.75. The largest absolute Gasteiger partial charge is 0.462 e. The second-order valence-corrected chi connectivity index (χ2v) is 14.7. The molecule has 0 atom stereocenters. The first kappa shape index (κ1) is 23.8. The van der Waals surface area contributed by atoms with E-state index in [-0.39, 0.29) is 11.9 Å². The number of aromatic nitrogens is 3. The molecule has 1 heterocycles. The molecule has 2 aromatic rings. The molecular formula is C19H31N6O3Si2+. The molecule has 11 heteroatoms. The molecule has 1 aromatic heterocycles. The Bertz CT molecular complexity index is 830. The number of nitrogens with one attached hydrogen (secondary N) is 2. The van der Waals surface area contributed by atoms with Crippen LogP contribution in [0.15, 0.2) is 24.3 Å². The van der Waals surface area contributed by atoms with Crippen molar-refractivity contribution >= 4 is 46.9 Å². The van der Waals surface area contributed by atoms with Crippen molar-refractivity contribution in [1.82, 2.24) is 15.0 Å². The summed E-state index contributed by atoms with van der Waals surface area (Å²) in [5.41, 5.74) is 7.02. The lowest BCUT2D eigenvalue weighted by Gasteiger charge is -2.11. The van der Waals surface area contributed by atoms with Gasteiger partial charge in [-0.15, -0.1) is 0 Å². The Morgan fingerprint density at radius 3 is 2.43 bits per heavy atom. The lowest BCUT2D eigenvalue weighted by atomic mass is 10.2. The molecule has 0 radical (unpaired) electrons. The Morgan fingerprint density at radius 2 is 1.80 bits per heavy atom. The van der Waals surface area contributed by atoms with Gasteiger partial charge < -0.3 is 21.1 Å². The summed E-state index contributed by atoms with van der Waals surface area (Å²) in [5.74, 6) is 0.521. The highest BCUT2D eigenvalue weighted by atomic mass is 28.4. The summed E-state index contributed by atoms with van der Waals surface area (Å²) in [5, 5.41) is 6.27. The van der Waals surface area contributed by atoms with E-state index in [1.54, 1.807) is 31.2 Å². The van der Waals surface area contributed by atoms with Gasteiger partial charge in [-0.2, -0.15) is 15.0 Å². The predicted octanol–water partition coefficient (Wildman–Crippen LogP) is 3.65. The van der Waals surface area contributed by atoms with Crippen LogP contribution in [-0.4, -0.2) is 51.4 Å². The zero-order valence-electron chi connectivity index (χ0n) is 18.3. The van der Waals surface area contributed by atoms with Gasteiger partial charge in [0.25, 0.3) is 0 Å². The number of carbonyl (C=O) groups is 1. The van der Waals surface area contributed by atoms with Gasteiger partial charge in [-0.05, 0) is 57.3 Å². The number of anilines is 4. The summed E-state index contributed by atoms with van der Waals surface area (Å²) < 4.78 is 11.1. The Labute approximate surface area is 180 Å². The molecule has 1 aromatic carbocycles. The molecule has 0 amide bonds. The third-order valence-electron chi connectivity index (χ3n) is 3.77. The second kappa shape index (κ2) is 11.0. The highest BCUT2D eigenvalue weighted by Crippen LogP contribution is 2.16. The van der Waals surface area contributed by atoms with Crippen LogP contribution in [0.25, 0.3) is 0 Å². The minimum Gasteiger partial charge on any atom is -0.462 e. The Morgan fingerprint density at radius 1 is 1.13 bits per heavy atom. The van der Waals surface area contributed by atoms with Gasteiger partial charge in [0.15, 0.2) is 0 Å². The van der Waals surface area contributed by atoms with E-state index in [0.717, 1.165) is 24.7 Å². The average molecular weight is 448 g/mol. The van der Waals surface area contributed by atoms with E-state index >= 15 is 0 Å². The van der Waals surface area contributed by atoms with Crippen LogP contribution >= 0.6 is 0 Å². The van der Waals surface area contributed by atoms with E-state index in [1.165, 1.54) is 0 Å². The highest BCUT2D eigenvalue weighted by molar-refractivity contribution is 6.77. The average Bonchev–Trinajstić information content (AvgIpc) is 2.64. The molecule has 4 N–H and O–H groups in total. The monoisotopic (exact) mass is 447 g/mol. The molecule has 9 nitrogen and oxygen atoms in total. The van der Waals surface area contributed by atoms with Gasteiger partial charge in [0.2, 0.25) is 26.2 Å². The third kappa shape index (κ3) is 8.47. The van der Waals surface area contributed by atoms with E-state index in [2.05, 4.69) is 51.8 Å². The number of nitrogens with zero attached hydrogens (tertiary/aromatic N) is 3. The molecule has 0 aliphatic rings. The molecule has 162 valence electrons. The molecule has 0 saturated carbocycles. The van der Waals surface area contributed by atoms with Crippen LogP contribution in [0.1, 0.15) is 23.7 Å². The number of benzene rings is 1. The number of nitrogen functional groups attached to an aromatic ring is 1. The van der Waals surface area contributed by atoms with Crippen LogP contribution in [0.2, 0.25) is 32.2 Å². The van der Waals surface area contributed by atoms with Crippen LogP contribution < -0.4 is 16.4 Å². The van der Waals surface area contributed by atoms with Gasteiger partial charge in [-0.3, -0.25) is 4.12 Å². The first-order valence-electron chi connectivity index (χ1n) is 9.97. The SMILES string of the molecule is CCOC(=O)c1ccc(Nc2nc(N)nc(NCCC[Si+](C)O[Si](C)(C)C)n2)cc1. The number of hydrogen-bond donors (Lipinski definition) is 3. The predicted molar refractivity (Wildman–Crippen MR) is 124 cm³/mol. The quantitative estimate of drug-likeness (QED) is 0.269. The lowest BCUT2D eigenvalue weighted by molar-refractivity contribution is 0.0526. The molecule has 0 unspecified atom stereocenters. The first-order valence-corrected chi connectivity index (χ1v) is 15.5. The fourth-order valence-corrected chi connectivity index (χ4v) is 7.94. The maximum Gasteiger partial charge on any atom is 0.456 e. The number of esters is 1. The van der Waals surface area contributed by atoms with Crippen molar-refractivity contribution in [3.05, 3.63) is 29.8 Å². The summed E-state index contributed by atoms with van der Waals surface area (Å²) in [6, 6.07) is 7.92. The number of ether oxygens (including phenoxy) is 1. The van der Waals surface area contributed by atoms with Crippen molar-refractivity contribution in [3.63, 3.8) is 0 Å². The molecular weight excluding hydrogens is 416 g/mol. The Hall–Kier alpha value is -2.51. The summed E-state index contributed by atoms with van der Waals surface area (Å²) in [7, 11) is -2.24. The molecule has 30 heavy (non-hydrogen) atoms. The van der Waals surface area contributed by atoms with E-state index in [0.29, 0.717) is 24.1 Å². The molecule has 0 aliphatic heterocycles. The molecule has 0 aliphatic carbocycles. The van der Waals surface area contributed by atoms with Gasteiger partial charge in [0.1, 0.15) is 0 Å². The first-order chi connectivity index (χ1) is 14.2. The summed E-state index contributed by atoms with van der Waals surface area (Å²) in [4.78, 5) is 24.3. The fraction of sp³-hybridized carbons (Fsp3) is 0.474. The smallest absolute Gasteiger partial charge is 0.456 e. The van der Waals surface area contributed by atoms with Crippen LogP contribution in [0.3, 0.4) is 0 Å². The molecule has 0 fully saturated rings. The Balaban J connectivity index is 1.89. The van der Waals surface area contributed by atoms with Gasteiger partial charge in [0.05, 0.1) is 24.8 Å². The number of nitrogens with two attached hydrogens (primary N) is 1. The van der Waals surface area contributed by atoms with Crippen LogP contribution in [0, 0.1) is 0 Å². The highest BCUT2D eigenvalue weighted by Gasteiger charge is 2.30. The van der Waals surface area contributed by atoms with Gasteiger partial charge >= 0.3 is 15.0 Å². The molecule has 0 spiro atoms. The van der Waals surface area contributed by atoms with Crippen molar-refractivity contribution in [2.24, 2.45) is 0 Å². The zero-order valence-corrected chi connectivity index (χ0v) is 20.3. The van der Waals surface area contributed by atoms with Gasteiger partial charge in [-0.25, -0.2) is 4.79 Å². The van der Waals surface area contributed by atoms with Crippen LogP contribution in [-0.2, 0) is 8.85 Å². The minimum absolute atomic E-state index is 0.125. The lowest BCUT2D eigenvalue weighted by Crippen LogP contribution is -2.33. The van der Waals surface area contributed by atoms with Crippen molar-refractivity contribution in [3.8, 4) is 0 Å². The minimum atomic E-state index is -1.47. The van der Waals surface area contributed by atoms with Crippen molar-refractivity contribution in [2.75, 3.05) is 29.5 Å². The fourth-order valence-electron chi connectivity index (χ4n) is 2.67. The van der Waals surface area contributed by atoms with Gasteiger partial charge in [-0.1, -0.05) is 0 Å². The standard InChI is InChI=1S/C19H30N6O3Si2/c1-6-27-16(26)14-8-10-15(11-9-14)22-19-24-17(20)23-18(25-19)21-12-7-13-29(2)28-30(3,4)5/h8-11H,6-7,12-13H2,1-5H3,(H3-,20,21,22,23,24,25,26)/p+1. The van der Waals surface area contributed by atoms with Crippen LogP contribution in [0.4, 0.5) is 23.5 Å². The van der Waals surface area contributed by atoms with Crippen molar-refractivity contribution in [1.29, 1.82) is 0 Å². The second-order valence-electron chi connectivity index (χ2n) is 7.71. The molecule has 0 bridgehead atoms. The normalized spacial score (nSPS) is 11.1. The number of hydrogen-bond acceptors (Lipinski definition) is 9. The summed E-state index contributed by atoms with van der Waals surface area (Å²) in [6.45, 7) is 11.7. The summed E-state index contributed by atoms with van der Waals surface area (Å²) in [6.07, 6.45) is 0.971.